The summed E-state index contributed by atoms with van der Waals surface area (Å²) >= 11 is 0. The van der Waals surface area contributed by atoms with Gasteiger partial charge in [0, 0.05) is 12.7 Å². The summed E-state index contributed by atoms with van der Waals surface area (Å²) in [5, 5.41) is 5.59. The van der Waals surface area contributed by atoms with Gasteiger partial charge in [-0.3, -0.25) is 0 Å². The van der Waals surface area contributed by atoms with Crippen molar-refractivity contribution in [1.29, 1.82) is 0 Å². The molecular weight excluding hydrogens is 236 g/mol. The smallest absolute Gasteiger partial charge is 0.318 e. The highest BCUT2D eigenvalue weighted by molar-refractivity contribution is 5.74. The van der Waals surface area contributed by atoms with Crippen LogP contribution in [0.15, 0.2) is 42.6 Å². The molecule has 0 saturated heterocycles. The molecule has 0 bridgehead atoms. The minimum absolute atomic E-state index is 0.100. The van der Waals surface area contributed by atoms with E-state index in [0.717, 1.165) is 25.8 Å². The number of hydrogen-bond acceptors (Lipinski definition) is 1. The van der Waals surface area contributed by atoms with E-state index in [1.54, 1.807) is 6.20 Å². The van der Waals surface area contributed by atoms with Crippen molar-refractivity contribution in [1.82, 2.24) is 10.6 Å². The van der Waals surface area contributed by atoms with E-state index in [0.29, 0.717) is 5.92 Å². The van der Waals surface area contributed by atoms with Gasteiger partial charge in [0.2, 0.25) is 0 Å². The van der Waals surface area contributed by atoms with Crippen LogP contribution in [0.3, 0.4) is 0 Å². The Balaban J connectivity index is 1.48. The van der Waals surface area contributed by atoms with Gasteiger partial charge >= 0.3 is 6.03 Å². The molecule has 1 saturated carbocycles. The molecule has 0 radical (unpaired) electrons. The summed E-state index contributed by atoms with van der Waals surface area (Å²) in [6.07, 6.45) is 9.53. The number of rotatable bonds is 7. The summed E-state index contributed by atoms with van der Waals surface area (Å²) in [5.41, 5.74) is 1.36. The lowest BCUT2D eigenvalue weighted by Crippen LogP contribution is -2.32. The molecule has 3 heteroatoms. The second kappa shape index (κ2) is 7.62. The van der Waals surface area contributed by atoms with Gasteiger partial charge in [0.1, 0.15) is 0 Å². The highest BCUT2D eigenvalue weighted by atomic mass is 16.2. The molecule has 2 amide bonds. The number of carbonyl (C=O) groups excluding carboxylic acids is 1. The Morgan fingerprint density at radius 2 is 2.00 bits per heavy atom. The molecule has 2 rings (SSSR count). The Kier molecular flexibility index (Phi) is 5.48. The summed E-state index contributed by atoms with van der Waals surface area (Å²) < 4.78 is 0. The molecule has 2 N–H and O–H groups in total. The molecule has 1 aromatic carbocycles. The van der Waals surface area contributed by atoms with Crippen LogP contribution < -0.4 is 10.6 Å². The van der Waals surface area contributed by atoms with Crippen molar-refractivity contribution >= 4 is 6.03 Å². The monoisotopic (exact) mass is 258 g/mol. The van der Waals surface area contributed by atoms with Gasteiger partial charge < -0.3 is 10.6 Å². The van der Waals surface area contributed by atoms with E-state index in [9.17, 15) is 4.79 Å². The summed E-state index contributed by atoms with van der Waals surface area (Å²) in [4.78, 5) is 11.4. The van der Waals surface area contributed by atoms with Crippen LogP contribution in [0.25, 0.3) is 0 Å². The summed E-state index contributed by atoms with van der Waals surface area (Å²) in [5.74, 6) is 0.700. The van der Waals surface area contributed by atoms with Gasteiger partial charge in [-0.1, -0.05) is 36.4 Å². The molecule has 1 aliphatic rings. The van der Waals surface area contributed by atoms with Crippen molar-refractivity contribution in [3.05, 3.63) is 48.2 Å². The second-order valence-electron chi connectivity index (χ2n) is 5.04. The average Bonchev–Trinajstić information content (AvgIpc) is 3.24. The first-order valence-corrected chi connectivity index (χ1v) is 7.09. The number of amides is 2. The molecule has 3 nitrogen and oxygen atoms in total. The lowest BCUT2D eigenvalue weighted by Gasteiger charge is -2.04. The first-order valence-electron chi connectivity index (χ1n) is 7.09. The van der Waals surface area contributed by atoms with E-state index in [4.69, 9.17) is 0 Å². The van der Waals surface area contributed by atoms with Crippen LogP contribution >= 0.6 is 0 Å². The van der Waals surface area contributed by atoms with Crippen LogP contribution in [-0.2, 0) is 6.42 Å². The molecule has 19 heavy (non-hydrogen) atoms. The van der Waals surface area contributed by atoms with Crippen molar-refractivity contribution in [2.24, 2.45) is 5.92 Å². The summed E-state index contributed by atoms with van der Waals surface area (Å²) in [7, 11) is 0. The third kappa shape index (κ3) is 6.09. The second-order valence-corrected chi connectivity index (χ2v) is 5.04. The molecule has 1 fully saturated rings. The lowest BCUT2D eigenvalue weighted by atomic mass is 10.1. The van der Waals surface area contributed by atoms with Gasteiger partial charge in [-0.2, -0.15) is 0 Å². The third-order valence-corrected chi connectivity index (χ3v) is 3.23. The number of benzene rings is 1. The van der Waals surface area contributed by atoms with Crippen LogP contribution in [-0.4, -0.2) is 12.6 Å². The van der Waals surface area contributed by atoms with Crippen molar-refractivity contribution in [2.75, 3.05) is 6.54 Å². The molecule has 0 atom stereocenters. The number of aryl methyl sites for hydroxylation is 1. The molecule has 0 spiro atoms. The largest absolute Gasteiger partial charge is 0.338 e. The Morgan fingerprint density at radius 1 is 1.21 bits per heavy atom. The fourth-order valence-corrected chi connectivity index (χ4v) is 1.90. The summed E-state index contributed by atoms with van der Waals surface area (Å²) in [6, 6.07) is 10.3. The minimum Gasteiger partial charge on any atom is -0.338 e. The highest BCUT2D eigenvalue weighted by Crippen LogP contribution is 2.29. The standard InChI is InChI=1S/C16H22N2O/c19-16(18-13-11-15-9-10-15)17-12-5-4-8-14-6-2-1-3-7-14/h1-3,6-7,11,13,15H,4-5,8-10,12H2,(H2,17,18,19)/b13-11+. The predicted molar refractivity (Wildman–Crippen MR) is 77.8 cm³/mol. The normalized spacial score (nSPS) is 14.5. The molecule has 0 unspecified atom stereocenters. The SMILES string of the molecule is O=C(N/C=C/C1CC1)NCCCCc1ccccc1. The van der Waals surface area contributed by atoms with Crippen LogP contribution in [0.5, 0.6) is 0 Å². The topological polar surface area (TPSA) is 41.1 Å². The molecule has 0 heterocycles. The summed E-state index contributed by atoms with van der Waals surface area (Å²) in [6.45, 7) is 0.732. The zero-order valence-corrected chi connectivity index (χ0v) is 11.3. The van der Waals surface area contributed by atoms with Gasteiger partial charge in [0.05, 0.1) is 0 Å². The zero-order valence-electron chi connectivity index (χ0n) is 11.3. The van der Waals surface area contributed by atoms with E-state index in [1.165, 1.54) is 18.4 Å². The number of unbranched alkanes of at least 4 members (excludes halogenated alkanes) is 1. The quantitative estimate of drug-likeness (QED) is 0.724. The maximum absolute atomic E-state index is 11.4. The molecule has 1 aromatic rings. The molecule has 1 aliphatic carbocycles. The molecule has 102 valence electrons. The van der Waals surface area contributed by atoms with Crippen molar-refractivity contribution in [3.8, 4) is 0 Å². The maximum atomic E-state index is 11.4. The third-order valence-electron chi connectivity index (χ3n) is 3.23. The van der Waals surface area contributed by atoms with Crippen LogP contribution in [0.1, 0.15) is 31.2 Å². The van der Waals surface area contributed by atoms with Crippen molar-refractivity contribution in [3.63, 3.8) is 0 Å². The van der Waals surface area contributed by atoms with Gasteiger partial charge in [0.15, 0.2) is 0 Å². The van der Waals surface area contributed by atoms with E-state index in [2.05, 4.69) is 41.0 Å². The number of urea groups is 1. The van der Waals surface area contributed by atoms with Gasteiger partial charge in [-0.15, -0.1) is 0 Å². The van der Waals surface area contributed by atoms with E-state index in [1.807, 2.05) is 6.07 Å². The highest BCUT2D eigenvalue weighted by Gasteiger charge is 2.16. The zero-order chi connectivity index (χ0) is 13.3. The fraction of sp³-hybridized carbons (Fsp3) is 0.438. The van der Waals surface area contributed by atoms with Crippen LogP contribution in [0.2, 0.25) is 0 Å². The molecule has 0 aliphatic heterocycles. The maximum Gasteiger partial charge on any atom is 0.318 e. The first kappa shape index (κ1) is 13.7. The number of allylic oxidation sites excluding steroid dienone is 1. The van der Waals surface area contributed by atoms with Crippen LogP contribution in [0, 0.1) is 5.92 Å². The Bertz CT molecular complexity index is 410. The fourth-order valence-electron chi connectivity index (χ4n) is 1.90. The van der Waals surface area contributed by atoms with E-state index < -0.39 is 0 Å². The average molecular weight is 258 g/mol. The Hall–Kier alpha value is -1.77. The van der Waals surface area contributed by atoms with Gasteiger partial charge in [0.25, 0.3) is 0 Å². The van der Waals surface area contributed by atoms with Crippen molar-refractivity contribution in [2.45, 2.75) is 32.1 Å². The van der Waals surface area contributed by atoms with Crippen molar-refractivity contribution < 1.29 is 4.79 Å². The number of nitrogens with one attached hydrogen (secondary N) is 2. The lowest BCUT2D eigenvalue weighted by molar-refractivity contribution is 0.244. The first-order chi connectivity index (χ1) is 9.34. The Labute approximate surface area is 115 Å². The Morgan fingerprint density at radius 3 is 2.74 bits per heavy atom. The van der Waals surface area contributed by atoms with Crippen LogP contribution in [0.4, 0.5) is 4.79 Å². The minimum atomic E-state index is -0.100. The van der Waals surface area contributed by atoms with E-state index >= 15 is 0 Å². The number of carbonyl (C=O) groups is 1. The molecular formula is C16H22N2O. The van der Waals surface area contributed by atoms with E-state index in [-0.39, 0.29) is 6.03 Å². The molecule has 0 aromatic heterocycles. The van der Waals surface area contributed by atoms with Gasteiger partial charge in [-0.05, 0) is 43.6 Å². The van der Waals surface area contributed by atoms with Gasteiger partial charge in [-0.25, -0.2) is 4.79 Å². The predicted octanol–water partition coefficient (Wildman–Crippen LogP) is 3.23. The number of hydrogen-bond donors (Lipinski definition) is 2.